The number of hydrogen-bond acceptors (Lipinski definition) is 5. The predicted molar refractivity (Wildman–Crippen MR) is 135 cm³/mol. The molecule has 34 heavy (non-hydrogen) atoms. The Bertz CT molecular complexity index is 1180. The summed E-state index contributed by atoms with van der Waals surface area (Å²) >= 11 is 0. The number of anilines is 1. The third-order valence-electron chi connectivity index (χ3n) is 6.38. The van der Waals surface area contributed by atoms with Crippen molar-refractivity contribution < 1.29 is 4.39 Å². The first kappa shape index (κ1) is 24.1. The van der Waals surface area contributed by atoms with Gasteiger partial charge >= 0.3 is 0 Å². The highest BCUT2D eigenvalue weighted by Crippen LogP contribution is 2.28. The van der Waals surface area contributed by atoms with E-state index >= 15 is 0 Å². The number of benzene rings is 2. The van der Waals surface area contributed by atoms with E-state index in [1.807, 2.05) is 13.0 Å². The van der Waals surface area contributed by atoms with Crippen LogP contribution in [0.3, 0.4) is 0 Å². The first-order valence-electron chi connectivity index (χ1n) is 12.0. The molecule has 1 fully saturated rings. The fourth-order valence-corrected chi connectivity index (χ4v) is 4.60. The highest BCUT2D eigenvalue weighted by Gasteiger charge is 2.25. The van der Waals surface area contributed by atoms with E-state index in [9.17, 15) is 9.18 Å². The van der Waals surface area contributed by atoms with E-state index in [2.05, 4.69) is 47.9 Å². The van der Waals surface area contributed by atoms with Gasteiger partial charge in [-0.1, -0.05) is 44.2 Å². The maximum Gasteiger partial charge on any atom is 0.290 e. The second-order valence-electron chi connectivity index (χ2n) is 9.46. The van der Waals surface area contributed by atoms with Crippen molar-refractivity contribution in [2.24, 2.45) is 11.7 Å². The van der Waals surface area contributed by atoms with E-state index in [-0.39, 0.29) is 23.8 Å². The Hall–Kier alpha value is -3.03. The molecule has 1 saturated heterocycles. The molecule has 3 aromatic rings. The molecule has 1 aliphatic heterocycles. The Kier molecular flexibility index (Phi) is 7.44. The van der Waals surface area contributed by atoms with Crippen LogP contribution in [0.25, 0.3) is 11.3 Å². The molecule has 0 bridgehead atoms. The topological polar surface area (TPSA) is 67.4 Å². The van der Waals surface area contributed by atoms with Crippen molar-refractivity contribution in [1.82, 2.24) is 14.7 Å². The lowest BCUT2D eigenvalue weighted by atomic mass is 10.0. The van der Waals surface area contributed by atoms with Gasteiger partial charge in [0.05, 0.1) is 5.69 Å². The van der Waals surface area contributed by atoms with Crippen molar-refractivity contribution in [2.45, 2.75) is 40.4 Å². The summed E-state index contributed by atoms with van der Waals surface area (Å²) in [6.07, 6.45) is 0. The third kappa shape index (κ3) is 5.21. The van der Waals surface area contributed by atoms with Crippen LogP contribution in [-0.2, 0) is 19.6 Å². The number of aromatic nitrogens is 2. The summed E-state index contributed by atoms with van der Waals surface area (Å²) in [5.41, 5.74) is 10.4. The average Bonchev–Trinajstić information content (AvgIpc) is 2.83. The molecule has 6 nitrogen and oxygen atoms in total. The van der Waals surface area contributed by atoms with Gasteiger partial charge in [0.15, 0.2) is 0 Å². The number of nitrogens with two attached hydrogens (primary N) is 1. The Balaban J connectivity index is 1.67. The van der Waals surface area contributed by atoms with Crippen molar-refractivity contribution in [2.75, 3.05) is 31.1 Å². The summed E-state index contributed by atoms with van der Waals surface area (Å²) in [6.45, 7) is 10.9. The molecule has 1 aliphatic rings. The summed E-state index contributed by atoms with van der Waals surface area (Å²) in [6, 6.07) is 15.4. The lowest BCUT2D eigenvalue weighted by Crippen LogP contribution is -2.48. The van der Waals surface area contributed by atoms with E-state index in [0.29, 0.717) is 23.5 Å². The second-order valence-corrected chi connectivity index (χ2v) is 9.46. The van der Waals surface area contributed by atoms with Crippen molar-refractivity contribution >= 4 is 5.69 Å². The Morgan fingerprint density at radius 2 is 1.76 bits per heavy atom. The van der Waals surface area contributed by atoms with Gasteiger partial charge in [-0.2, -0.15) is 5.10 Å². The van der Waals surface area contributed by atoms with Gasteiger partial charge in [-0.25, -0.2) is 9.07 Å². The molecular formula is C27H34FN5O. The van der Waals surface area contributed by atoms with Crippen molar-refractivity contribution in [1.29, 1.82) is 0 Å². The minimum atomic E-state index is -0.325. The standard InChI is InChI=1S/C27H34FN5O/c1-19(2)17-33-27(34)26(20(3)25(30-33)22-9-10-24(28)23(15-22)16-29)32-13-11-31(12-14-32)18-21-7-5-4-6-8-21/h4-10,15,19H,11-14,16-18,29H2,1-3H3. The number of halogens is 1. The summed E-state index contributed by atoms with van der Waals surface area (Å²) in [5, 5.41) is 4.72. The molecule has 0 spiro atoms. The van der Waals surface area contributed by atoms with Crippen LogP contribution in [0.2, 0.25) is 0 Å². The van der Waals surface area contributed by atoms with Crippen molar-refractivity contribution in [3.8, 4) is 11.3 Å². The number of rotatable bonds is 7. The molecule has 0 saturated carbocycles. The van der Waals surface area contributed by atoms with Gasteiger partial charge < -0.3 is 10.6 Å². The molecule has 7 heteroatoms. The molecule has 0 aliphatic carbocycles. The highest BCUT2D eigenvalue weighted by molar-refractivity contribution is 5.70. The quantitative estimate of drug-likeness (QED) is 0.577. The monoisotopic (exact) mass is 463 g/mol. The summed E-state index contributed by atoms with van der Waals surface area (Å²) in [7, 11) is 0. The highest BCUT2D eigenvalue weighted by atomic mass is 19.1. The van der Waals surface area contributed by atoms with Gasteiger partial charge in [-0.05, 0) is 36.6 Å². The summed E-state index contributed by atoms with van der Waals surface area (Å²) in [4.78, 5) is 18.1. The van der Waals surface area contributed by atoms with Crippen LogP contribution < -0.4 is 16.2 Å². The molecule has 0 unspecified atom stereocenters. The largest absolute Gasteiger partial charge is 0.364 e. The zero-order valence-corrected chi connectivity index (χ0v) is 20.3. The number of hydrogen-bond donors (Lipinski definition) is 1. The SMILES string of the molecule is Cc1c(-c2ccc(F)c(CN)c2)nn(CC(C)C)c(=O)c1N1CCN(Cc2ccccc2)CC1. The molecule has 4 rings (SSSR count). The maximum absolute atomic E-state index is 14.1. The number of piperazine rings is 1. The van der Waals surface area contributed by atoms with Crippen LogP contribution in [0, 0.1) is 18.7 Å². The lowest BCUT2D eigenvalue weighted by Gasteiger charge is -2.36. The van der Waals surface area contributed by atoms with Crippen LogP contribution in [0.15, 0.2) is 53.3 Å². The summed E-state index contributed by atoms with van der Waals surface area (Å²) < 4.78 is 15.7. The second kappa shape index (κ2) is 10.5. The Morgan fingerprint density at radius 1 is 1.06 bits per heavy atom. The fraction of sp³-hybridized carbons (Fsp3) is 0.407. The van der Waals surface area contributed by atoms with Gasteiger partial charge in [0, 0.05) is 62.5 Å². The van der Waals surface area contributed by atoms with Crippen LogP contribution in [0.1, 0.15) is 30.5 Å². The third-order valence-corrected chi connectivity index (χ3v) is 6.38. The van der Waals surface area contributed by atoms with E-state index in [1.165, 1.54) is 11.6 Å². The smallest absolute Gasteiger partial charge is 0.290 e. The van der Waals surface area contributed by atoms with E-state index in [1.54, 1.807) is 16.8 Å². The average molecular weight is 464 g/mol. The van der Waals surface area contributed by atoms with Crippen LogP contribution in [0.5, 0.6) is 0 Å². The van der Waals surface area contributed by atoms with E-state index in [4.69, 9.17) is 10.8 Å². The van der Waals surface area contributed by atoms with Crippen LogP contribution in [-0.4, -0.2) is 40.9 Å². The first-order chi connectivity index (χ1) is 16.4. The molecule has 180 valence electrons. The maximum atomic E-state index is 14.1. The van der Waals surface area contributed by atoms with E-state index in [0.717, 1.165) is 43.9 Å². The molecule has 0 amide bonds. The fourth-order valence-electron chi connectivity index (χ4n) is 4.60. The molecule has 2 N–H and O–H groups in total. The molecule has 1 aromatic heterocycles. The van der Waals surface area contributed by atoms with Crippen molar-refractivity contribution in [3.63, 3.8) is 0 Å². The lowest BCUT2D eigenvalue weighted by molar-refractivity contribution is 0.249. The number of nitrogens with zero attached hydrogens (tertiary/aromatic N) is 4. The molecular weight excluding hydrogens is 429 g/mol. The van der Waals surface area contributed by atoms with E-state index < -0.39 is 0 Å². The van der Waals surface area contributed by atoms with Gasteiger partial charge in [0.25, 0.3) is 5.56 Å². The zero-order chi connectivity index (χ0) is 24.2. The Morgan fingerprint density at radius 3 is 2.41 bits per heavy atom. The normalized spacial score (nSPS) is 14.7. The molecule has 0 radical (unpaired) electrons. The minimum absolute atomic E-state index is 0.0624. The van der Waals surface area contributed by atoms with Gasteiger partial charge in [-0.3, -0.25) is 9.69 Å². The Labute approximate surface area is 200 Å². The molecule has 0 atom stereocenters. The molecule has 2 aromatic carbocycles. The van der Waals surface area contributed by atoms with Gasteiger partial charge in [-0.15, -0.1) is 0 Å². The zero-order valence-electron chi connectivity index (χ0n) is 20.3. The predicted octanol–water partition coefficient (Wildman–Crippen LogP) is 3.79. The summed E-state index contributed by atoms with van der Waals surface area (Å²) in [5.74, 6) is -0.0571. The van der Waals surface area contributed by atoms with Gasteiger partial charge in [0.1, 0.15) is 11.5 Å². The first-order valence-corrected chi connectivity index (χ1v) is 12.0. The minimum Gasteiger partial charge on any atom is -0.364 e. The molecule has 2 heterocycles. The van der Waals surface area contributed by atoms with Crippen LogP contribution in [0.4, 0.5) is 10.1 Å². The van der Waals surface area contributed by atoms with Gasteiger partial charge in [0.2, 0.25) is 0 Å². The van der Waals surface area contributed by atoms with Crippen LogP contribution >= 0.6 is 0 Å². The van der Waals surface area contributed by atoms with Crippen molar-refractivity contribution in [3.05, 3.63) is 81.4 Å².